The molecule has 0 aromatic rings. The van der Waals surface area contributed by atoms with Gasteiger partial charge >= 0.3 is 0 Å². The molecule has 4 heteroatoms. The molecule has 0 aromatic heterocycles. The summed E-state index contributed by atoms with van der Waals surface area (Å²) in [5.41, 5.74) is 0. The van der Waals surface area contributed by atoms with Gasteiger partial charge in [0.15, 0.2) is 0 Å². The summed E-state index contributed by atoms with van der Waals surface area (Å²) in [4.78, 5) is 0. The summed E-state index contributed by atoms with van der Waals surface area (Å²) < 4.78 is 27.6. The van der Waals surface area contributed by atoms with Crippen molar-refractivity contribution < 1.29 is 8.78 Å². The highest BCUT2D eigenvalue weighted by atomic mass is 79.9. The topological polar surface area (TPSA) is 0 Å². The SMILES string of the molecule is FC1(F)C2CC3(Br)CC1CC(Br)(C2)C3. The van der Waals surface area contributed by atoms with E-state index >= 15 is 0 Å². The Kier molecular flexibility index (Phi) is 1.83. The van der Waals surface area contributed by atoms with Crippen molar-refractivity contribution in [2.45, 2.75) is 46.7 Å². The number of halogens is 4. The molecule has 0 atom stereocenters. The molecule has 0 saturated heterocycles. The lowest BCUT2D eigenvalue weighted by molar-refractivity contribution is -0.185. The fourth-order valence-corrected chi connectivity index (χ4v) is 6.82. The molecule has 0 aromatic carbocycles. The van der Waals surface area contributed by atoms with Crippen LogP contribution in [0.25, 0.3) is 0 Å². The van der Waals surface area contributed by atoms with Gasteiger partial charge in [0, 0.05) is 20.5 Å². The molecule has 0 radical (unpaired) electrons. The van der Waals surface area contributed by atoms with Crippen LogP contribution in [0.1, 0.15) is 32.1 Å². The molecule has 4 saturated carbocycles. The predicted molar refractivity (Wildman–Crippen MR) is 58.3 cm³/mol. The van der Waals surface area contributed by atoms with Crippen molar-refractivity contribution in [2.24, 2.45) is 11.8 Å². The van der Waals surface area contributed by atoms with E-state index in [0.717, 1.165) is 6.42 Å². The van der Waals surface area contributed by atoms with Crippen LogP contribution in [0.3, 0.4) is 0 Å². The van der Waals surface area contributed by atoms with Crippen LogP contribution in [0.5, 0.6) is 0 Å². The van der Waals surface area contributed by atoms with Gasteiger partial charge in [0.1, 0.15) is 0 Å². The van der Waals surface area contributed by atoms with Gasteiger partial charge in [-0.1, -0.05) is 31.9 Å². The van der Waals surface area contributed by atoms with Crippen molar-refractivity contribution in [3.63, 3.8) is 0 Å². The smallest absolute Gasteiger partial charge is 0.206 e. The van der Waals surface area contributed by atoms with Crippen LogP contribution >= 0.6 is 31.9 Å². The van der Waals surface area contributed by atoms with E-state index in [-0.39, 0.29) is 8.65 Å². The Hall–Kier alpha value is 0.820. The Morgan fingerprint density at radius 3 is 1.57 bits per heavy atom. The molecule has 0 aliphatic heterocycles. The third-order valence-corrected chi connectivity index (χ3v) is 6.03. The molecule has 0 heterocycles. The Balaban J connectivity index is 2.03. The normalized spacial score (nSPS) is 59.1. The van der Waals surface area contributed by atoms with E-state index < -0.39 is 17.8 Å². The zero-order valence-corrected chi connectivity index (χ0v) is 10.9. The average Bonchev–Trinajstić information content (AvgIpc) is 1.96. The molecule has 0 spiro atoms. The first kappa shape index (κ1) is 10.0. The van der Waals surface area contributed by atoms with Crippen molar-refractivity contribution in [3.05, 3.63) is 0 Å². The molecule has 4 aliphatic rings. The number of hydrogen-bond donors (Lipinski definition) is 0. The fourth-order valence-electron chi connectivity index (χ4n) is 3.81. The average molecular weight is 330 g/mol. The van der Waals surface area contributed by atoms with Crippen LogP contribution in [0.15, 0.2) is 0 Å². The molecular formula is C10H12Br2F2. The van der Waals surface area contributed by atoms with Crippen LogP contribution in [0, 0.1) is 11.8 Å². The minimum Gasteiger partial charge on any atom is -0.206 e. The highest BCUT2D eigenvalue weighted by Gasteiger charge is 2.67. The van der Waals surface area contributed by atoms with Gasteiger partial charge in [0.25, 0.3) is 5.92 Å². The third kappa shape index (κ3) is 1.19. The first-order chi connectivity index (χ1) is 6.33. The third-order valence-electron chi connectivity index (χ3n) is 4.17. The molecule has 0 nitrogen and oxygen atoms in total. The van der Waals surface area contributed by atoms with E-state index in [0.29, 0.717) is 25.7 Å². The van der Waals surface area contributed by atoms with Gasteiger partial charge in [0.2, 0.25) is 0 Å². The molecule has 4 fully saturated rings. The number of alkyl halides is 4. The lowest BCUT2D eigenvalue weighted by atomic mass is 9.54. The van der Waals surface area contributed by atoms with Gasteiger partial charge in [-0.2, -0.15) is 0 Å². The van der Waals surface area contributed by atoms with Crippen LogP contribution in [0.4, 0.5) is 8.78 Å². The van der Waals surface area contributed by atoms with E-state index in [1.807, 2.05) is 0 Å². The van der Waals surface area contributed by atoms with Crippen molar-refractivity contribution in [1.82, 2.24) is 0 Å². The summed E-state index contributed by atoms with van der Waals surface area (Å²) in [5, 5.41) is 0. The monoisotopic (exact) mass is 328 g/mol. The van der Waals surface area contributed by atoms with Gasteiger partial charge in [0.05, 0.1) is 0 Å². The zero-order valence-electron chi connectivity index (χ0n) is 7.70. The summed E-state index contributed by atoms with van der Waals surface area (Å²) in [7, 11) is 0. The molecule has 0 amide bonds. The minimum atomic E-state index is -2.41. The first-order valence-corrected chi connectivity index (χ1v) is 6.67. The van der Waals surface area contributed by atoms with Crippen molar-refractivity contribution in [1.29, 1.82) is 0 Å². The summed E-state index contributed by atoms with van der Waals surface area (Å²) >= 11 is 7.36. The summed E-state index contributed by atoms with van der Waals surface area (Å²) in [5.74, 6) is -3.21. The van der Waals surface area contributed by atoms with Gasteiger partial charge in [-0.15, -0.1) is 0 Å². The van der Waals surface area contributed by atoms with E-state index in [4.69, 9.17) is 0 Å². The van der Waals surface area contributed by atoms with Crippen LogP contribution in [0.2, 0.25) is 0 Å². The van der Waals surface area contributed by atoms with Crippen LogP contribution < -0.4 is 0 Å². The zero-order chi connectivity index (χ0) is 10.2. The molecule has 14 heavy (non-hydrogen) atoms. The second-order valence-electron chi connectivity index (χ2n) is 5.36. The first-order valence-electron chi connectivity index (χ1n) is 5.09. The van der Waals surface area contributed by atoms with Crippen LogP contribution in [-0.4, -0.2) is 14.6 Å². The summed E-state index contributed by atoms with van der Waals surface area (Å²) in [6.07, 6.45) is 3.64. The Morgan fingerprint density at radius 1 is 0.857 bits per heavy atom. The molecule has 4 rings (SSSR count). The highest BCUT2D eigenvalue weighted by molar-refractivity contribution is 9.10. The summed E-state index contributed by atoms with van der Waals surface area (Å²) in [6, 6.07) is 0. The Labute approximate surface area is 99.1 Å². The highest BCUT2D eigenvalue weighted by Crippen LogP contribution is 2.67. The standard InChI is InChI=1S/C10H12Br2F2/c11-8-1-6-2-9(12,5-8)4-7(3-8)10(6,13)14/h6-7H,1-5H2. The number of rotatable bonds is 0. The quantitative estimate of drug-likeness (QED) is 0.587. The van der Waals surface area contributed by atoms with Crippen molar-refractivity contribution >= 4 is 31.9 Å². The number of hydrogen-bond acceptors (Lipinski definition) is 0. The lowest BCUT2D eigenvalue weighted by Gasteiger charge is -2.61. The van der Waals surface area contributed by atoms with E-state index in [2.05, 4.69) is 31.9 Å². The van der Waals surface area contributed by atoms with Crippen molar-refractivity contribution in [2.75, 3.05) is 0 Å². The largest absolute Gasteiger partial charge is 0.253 e. The minimum absolute atomic E-state index is 0.00398. The molecule has 0 N–H and O–H groups in total. The molecular weight excluding hydrogens is 318 g/mol. The maximum Gasteiger partial charge on any atom is 0.253 e. The Morgan fingerprint density at radius 2 is 1.21 bits per heavy atom. The second kappa shape index (κ2) is 2.55. The molecule has 4 bridgehead atoms. The molecule has 4 aliphatic carbocycles. The Bertz CT molecular complexity index is 252. The molecule has 80 valence electrons. The van der Waals surface area contributed by atoms with E-state index in [9.17, 15) is 8.78 Å². The van der Waals surface area contributed by atoms with E-state index in [1.165, 1.54) is 0 Å². The predicted octanol–water partition coefficient (Wildman–Crippen LogP) is 4.11. The van der Waals surface area contributed by atoms with Gasteiger partial charge in [-0.25, -0.2) is 8.78 Å². The van der Waals surface area contributed by atoms with Gasteiger partial charge < -0.3 is 0 Å². The lowest BCUT2D eigenvalue weighted by Crippen LogP contribution is -2.62. The van der Waals surface area contributed by atoms with Gasteiger partial charge in [-0.05, 0) is 32.1 Å². The maximum atomic E-state index is 13.8. The second-order valence-corrected chi connectivity index (χ2v) is 8.73. The van der Waals surface area contributed by atoms with E-state index in [1.54, 1.807) is 0 Å². The van der Waals surface area contributed by atoms with Crippen molar-refractivity contribution in [3.8, 4) is 0 Å². The fraction of sp³-hybridized carbons (Fsp3) is 1.00. The maximum absolute atomic E-state index is 13.8. The van der Waals surface area contributed by atoms with Crippen LogP contribution in [-0.2, 0) is 0 Å². The summed E-state index contributed by atoms with van der Waals surface area (Å²) in [6.45, 7) is 0. The molecule has 0 unspecified atom stereocenters. The van der Waals surface area contributed by atoms with Gasteiger partial charge in [-0.3, -0.25) is 0 Å².